The van der Waals surface area contributed by atoms with Gasteiger partial charge in [-0.25, -0.2) is 4.79 Å². The van der Waals surface area contributed by atoms with Gasteiger partial charge in [-0.3, -0.25) is 5.32 Å². The summed E-state index contributed by atoms with van der Waals surface area (Å²) < 4.78 is 0. The molecule has 2 nitrogen and oxygen atoms in total. The highest BCUT2D eigenvalue weighted by atomic mass is 35.5. The summed E-state index contributed by atoms with van der Waals surface area (Å²) >= 11 is 0. The van der Waals surface area contributed by atoms with E-state index in [0.717, 1.165) is 25.3 Å². The normalized spacial score (nSPS) is 10.9. The smallest absolute Gasteiger partial charge is 0.310 e. The second kappa shape index (κ2) is 21.4. The largest absolute Gasteiger partial charge is 1.00 e. The first-order valence-corrected chi connectivity index (χ1v) is 12.6. The van der Waals surface area contributed by atoms with Gasteiger partial charge in [0, 0.05) is 5.56 Å². The minimum atomic E-state index is 0. The molecule has 0 aromatic heterocycles. The lowest BCUT2D eigenvalue weighted by Gasteiger charge is -2.05. The molecule has 0 bridgehead atoms. The molecule has 174 valence electrons. The van der Waals surface area contributed by atoms with Crippen LogP contribution in [0.2, 0.25) is 0 Å². The van der Waals surface area contributed by atoms with Crippen molar-refractivity contribution in [1.82, 2.24) is 0 Å². The number of carbonyl (C=O) groups is 1. The summed E-state index contributed by atoms with van der Waals surface area (Å²) in [5.41, 5.74) is 1.22. The molecule has 0 spiro atoms. The number of hydrogen-bond donors (Lipinski definition) is 1. The molecule has 2 N–H and O–H groups in total. The highest BCUT2D eigenvalue weighted by Crippen LogP contribution is 2.14. The molecule has 0 atom stereocenters. The molecule has 0 fully saturated rings. The van der Waals surface area contributed by atoms with Gasteiger partial charge in [0.05, 0.1) is 6.42 Å². The average Bonchev–Trinajstić information content (AvgIpc) is 2.72. The summed E-state index contributed by atoms with van der Waals surface area (Å²) in [7, 11) is 0. The molecule has 3 heteroatoms. The van der Waals surface area contributed by atoms with Crippen molar-refractivity contribution in [2.75, 3.05) is 0 Å². The molecule has 0 heterocycles. The van der Waals surface area contributed by atoms with Crippen molar-refractivity contribution in [1.29, 1.82) is 0 Å². The van der Waals surface area contributed by atoms with Crippen LogP contribution < -0.4 is 17.7 Å². The fourth-order valence-electron chi connectivity index (χ4n) is 3.92. The number of rotatable bonds is 19. The minimum absolute atomic E-state index is 0. The number of carbonyl (C=O) groups excluding carboxylic acids is 1. The van der Waals surface area contributed by atoms with Crippen LogP contribution in [0.25, 0.3) is 0 Å². The Morgan fingerprint density at radius 1 is 0.700 bits per heavy atom. The summed E-state index contributed by atoms with van der Waals surface area (Å²) in [5, 5.41) is 1.86. The Morgan fingerprint density at radius 2 is 1.13 bits per heavy atom. The molecule has 0 radical (unpaired) electrons. The molecular formula is C27H48ClNO. The Balaban J connectivity index is 0.00000841. The van der Waals surface area contributed by atoms with Crippen molar-refractivity contribution in [2.45, 2.75) is 123 Å². The van der Waals surface area contributed by atoms with Crippen LogP contribution in [0, 0.1) is 5.92 Å². The second-order valence-electron chi connectivity index (χ2n) is 9.24. The Morgan fingerprint density at radius 3 is 1.60 bits per heavy atom. The van der Waals surface area contributed by atoms with Crippen molar-refractivity contribution in [3.63, 3.8) is 0 Å². The average molecular weight is 438 g/mol. The van der Waals surface area contributed by atoms with Crippen molar-refractivity contribution in [3.8, 4) is 0 Å². The third-order valence-corrected chi connectivity index (χ3v) is 5.86. The molecule has 1 aromatic carbocycles. The maximum atomic E-state index is 11.9. The quantitative estimate of drug-likeness (QED) is 0.323. The molecular weight excluding hydrogens is 390 g/mol. The van der Waals surface area contributed by atoms with Crippen LogP contribution in [0.5, 0.6) is 0 Å². The van der Waals surface area contributed by atoms with Gasteiger partial charge in [-0.2, -0.15) is 0 Å². The molecule has 1 amide bonds. The molecule has 1 aromatic rings. The number of nitrogens with two attached hydrogens (primary N) is 1. The van der Waals surface area contributed by atoms with E-state index in [4.69, 9.17) is 0 Å². The maximum Gasteiger partial charge on any atom is 0.310 e. The Hall–Kier alpha value is -0.860. The van der Waals surface area contributed by atoms with E-state index in [-0.39, 0.29) is 12.4 Å². The van der Waals surface area contributed by atoms with Gasteiger partial charge in [-0.15, -0.1) is 0 Å². The Kier molecular flexibility index (Phi) is 20.8. The molecule has 0 unspecified atom stereocenters. The predicted octanol–water partition coefficient (Wildman–Crippen LogP) is 4.18. The van der Waals surface area contributed by atoms with Gasteiger partial charge >= 0.3 is 5.91 Å². The van der Waals surface area contributed by atoms with Gasteiger partial charge in [0.1, 0.15) is 6.54 Å². The lowest BCUT2D eigenvalue weighted by Crippen LogP contribution is -3.00. The van der Waals surface area contributed by atoms with E-state index in [2.05, 4.69) is 26.0 Å². The number of amides is 1. The number of quaternary nitrogens is 1. The van der Waals surface area contributed by atoms with Crippen LogP contribution >= 0.6 is 0 Å². The Labute approximate surface area is 193 Å². The summed E-state index contributed by atoms with van der Waals surface area (Å²) in [6.45, 7) is 5.43. The van der Waals surface area contributed by atoms with Crippen molar-refractivity contribution in [2.24, 2.45) is 5.92 Å². The van der Waals surface area contributed by atoms with E-state index in [1.54, 1.807) is 0 Å². The molecule has 30 heavy (non-hydrogen) atoms. The first-order valence-electron chi connectivity index (χ1n) is 12.6. The molecule has 0 saturated heterocycles. The topological polar surface area (TPSA) is 33.7 Å². The highest BCUT2D eigenvalue weighted by molar-refractivity contribution is 5.65. The van der Waals surface area contributed by atoms with Crippen LogP contribution in [-0.2, 0) is 11.3 Å². The fraction of sp³-hybridized carbons (Fsp3) is 0.741. The summed E-state index contributed by atoms with van der Waals surface area (Å²) in [6, 6.07) is 10.2. The SMILES string of the molecule is CC(C)CCCCCCCCCCCCCCCCC(=O)[NH2+]Cc1ccccc1.[Cl-]. The Bertz CT molecular complexity index is 489. The van der Waals surface area contributed by atoms with E-state index in [9.17, 15) is 4.79 Å². The van der Waals surface area contributed by atoms with E-state index < -0.39 is 0 Å². The maximum absolute atomic E-state index is 11.9. The second-order valence-corrected chi connectivity index (χ2v) is 9.24. The number of halogens is 1. The van der Waals surface area contributed by atoms with Crippen LogP contribution in [-0.4, -0.2) is 5.91 Å². The zero-order valence-corrected chi connectivity index (χ0v) is 20.6. The lowest BCUT2D eigenvalue weighted by molar-refractivity contribution is -0.585. The highest BCUT2D eigenvalue weighted by Gasteiger charge is 2.05. The van der Waals surface area contributed by atoms with Gasteiger partial charge in [-0.1, -0.05) is 134 Å². The first kappa shape index (κ1) is 29.1. The molecule has 0 aliphatic carbocycles. The lowest BCUT2D eigenvalue weighted by atomic mass is 10.0. The predicted molar refractivity (Wildman–Crippen MR) is 126 cm³/mol. The van der Waals surface area contributed by atoms with E-state index in [0.29, 0.717) is 5.91 Å². The summed E-state index contributed by atoms with van der Waals surface area (Å²) in [5.74, 6) is 1.19. The zero-order chi connectivity index (χ0) is 21.0. The molecule has 1 rings (SSSR count). The zero-order valence-electron chi connectivity index (χ0n) is 19.8. The van der Waals surface area contributed by atoms with Crippen LogP contribution in [0.4, 0.5) is 0 Å². The third-order valence-electron chi connectivity index (χ3n) is 5.86. The van der Waals surface area contributed by atoms with E-state index >= 15 is 0 Å². The van der Waals surface area contributed by atoms with Crippen molar-refractivity contribution >= 4 is 5.91 Å². The van der Waals surface area contributed by atoms with Gasteiger partial charge < -0.3 is 12.4 Å². The number of unbranched alkanes of at least 4 members (excludes halogenated alkanes) is 13. The van der Waals surface area contributed by atoms with Crippen molar-refractivity contribution in [3.05, 3.63) is 35.9 Å². The van der Waals surface area contributed by atoms with Crippen molar-refractivity contribution < 1.29 is 22.5 Å². The monoisotopic (exact) mass is 437 g/mol. The fourth-order valence-corrected chi connectivity index (χ4v) is 3.92. The van der Waals surface area contributed by atoms with Gasteiger partial charge in [0.2, 0.25) is 0 Å². The molecule has 0 saturated carbocycles. The van der Waals surface area contributed by atoms with Crippen LogP contribution in [0.15, 0.2) is 30.3 Å². The van der Waals surface area contributed by atoms with E-state index in [1.165, 1.54) is 95.5 Å². The van der Waals surface area contributed by atoms with Gasteiger partial charge in [0.25, 0.3) is 0 Å². The third kappa shape index (κ3) is 19.1. The van der Waals surface area contributed by atoms with Crippen LogP contribution in [0.3, 0.4) is 0 Å². The number of hydrogen-bond acceptors (Lipinski definition) is 1. The number of primary amides is 1. The van der Waals surface area contributed by atoms with Gasteiger partial charge in [0.15, 0.2) is 0 Å². The summed E-state index contributed by atoms with van der Waals surface area (Å²) in [4.78, 5) is 11.9. The summed E-state index contributed by atoms with van der Waals surface area (Å²) in [6.07, 6.45) is 21.3. The van der Waals surface area contributed by atoms with E-state index in [1.807, 2.05) is 23.5 Å². The molecule has 0 aliphatic rings. The minimum Gasteiger partial charge on any atom is -1.00 e. The van der Waals surface area contributed by atoms with Gasteiger partial charge in [-0.05, 0) is 12.3 Å². The standard InChI is InChI=1S/C27H47NO.ClH/c1-25(2)20-16-13-11-9-7-5-3-4-6-8-10-12-14-19-23-27(29)28-24-26-21-17-15-18-22-26;/h15,17-18,21-22,25H,3-14,16,19-20,23-24H2,1-2H3,(H,28,29);1H. The number of benzene rings is 1. The van der Waals surface area contributed by atoms with Crippen LogP contribution in [0.1, 0.15) is 122 Å². The molecule has 0 aliphatic heterocycles. The first-order chi connectivity index (χ1) is 14.2.